The van der Waals surface area contributed by atoms with Gasteiger partial charge in [-0.05, 0) is 61.6 Å². The van der Waals surface area contributed by atoms with Gasteiger partial charge in [0, 0.05) is 36.6 Å². The molecule has 2 heterocycles. The zero-order chi connectivity index (χ0) is 26.4. The average Bonchev–Trinajstić information content (AvgIpc) is 3.45. The number of carbonyl (C=O) groups excluding carboxylic acids is 1. The second-order valence-electron chi connectivity index (χ2n) is 9.43. The molecule has 1 fully saturated rings. The van der Waals surface area contributed by atoms with Gasteiger partial charge in [0.15, 0.2) is 0 Å². The van der Waals surface area contributed by atoms with Crippen LogP contribution in [0.5, 0.6) is 17.2 Å². The van der Waals surface area contributed by atoms with Gasteiger partial charge in [0.1, 0.15) is 22.8 Å². The maximum Gasteiger partial charge on any atom is 0.226 e. The van der Waals surface area contributed by atoms with Crippen LogP contribution in [0.2, 0.25) is 0 Å². The van der Waals surface area contributed by atoms with Crippen molar-refractivity contribution in [3.63, 3.8) is 0 Å². The maximum absolute atomic E-state index is 13.7. The van der Waals surface area contributed by atoms with Gasteiger partial charge in [0.05, 0.1) is 33.1 Å². The highest BCUT2D eigenvalue weighted by molar-refractivity contribution is 5.93. The second kappa shape index (κ2) is 12.3. The molecule has 1 aromatic heterocycles. The lowest BCUT2D eigenvalue weighted by Gasteiger charge is -2.30. The van der Waals surface area contributed by atoms with Crippen molar-refractivity contribution in [2.24, 2.45) is 5.92 Å². The molecule has 1 saturated heterocycles. The Kier molecular flexibility index (Phi) is 8.87. The predicted octanol–water partition coefficient (Wildman–Crippen LogP) is 5.87. The molecular formula is C30H38N2O5. The third-order valence-electron chi connectivity index (χ3n) is 7.24. The van der Waals surface area contributed by atoms with Crippen molar-refractivity contribution in [3.05, 3.63) is 48.0 Å². The molecule has 1 atom stereocenters. The number of methoxy groups -OCH3 is 3. The van der Waals surface area contributed by atoms with Gasteiger partial charge in [-0.3, -0.25) is 4.79 Å². The average molecular weight is 507 g/mol. The largest absolute Gasteiger partial charge is 0.496 e. The number of fused-ring (bicyclic) bond motifs is 1. The summed E-state index contributed by atoms with van der Waals surface area (Å²) in [6.07, 6.45) is 3.65. The zero-order valence-electron chi connectivity index (χ0n) is 22.6. The van der Waals surface area contributed by atoms with Crippen molar-refractivity contribution >= 4 is 16.8 Å². The highest BCUT2D eigenvalue weighted by Gasteiger charge is 2.28. The van der Waals surface area contributed by atoms with Gasteiger partial charge >= 0.3 is 0 Å². The van der Waals surface area contributed by atoms with Crippen LogP contribution < -0.4 is 14.2 Å². The molecule has 0 unspecified atom stereocenters. The summed E-state index contributed by atoms with van der Waals surface area (Å²) >= 11 is 0. The smallest absolute Gasteiger partial charge is 0.226 e. The molecule has 1 aliphatic rings. The molecule has 0 radical (unpaired) electrons. The lowest BCUT2D eigenvalue weighted by Crippen LogP contribution is -2.40. The van der Waals surface area contributed by atoms with Gasteiger partial charge in [-0.25, -0.2) is 4.98 Å². The lowest BCUT2D eigenvalue weighted by molar-refractivity contribution is -0.138. The second-order valence-corrected chi connectivity index (χ2v) is 9.43. The van der Waals surface area contributed by atoms with Crippen LogP contribution in [0.4, 0.5) is 0 Å². The minimum absolute atomic E-state index is 0.0286. The Morgan fingerprint density at radius 1 is 1.03 bits per heavy atom. The Hall–Kier alpha value is -3.32. The van der Waals surface area contributed by atoms with E-state index in [0.717, 1.165) is 60.2 Å². The number of para-hydroxylation sites is 1. The molecule has 0 aliphatic carbocycles. The van der Waals surface area contributed by atoms with Crippen molar-refractivity contribution in [1.82, 2.24) is 9.88 Å². The molecule has 0 spiro atoms. The quantitative estimate of drug-likeness (QED) is 0.324. The van der Waals surface area contributed by atoms with Crippen molar-refractivity contribution < 1.29 is 23.7 Å². The summed E-state index contributed by atoms with van der Waals surface area (Å²) in [5.74, 6) is 2.20. The monoisotopic (exact) mass is 506 g/mol. The van der Waals surface area contributed by atoms with E-state index in [1.807, 2.05) is 41.3 Å². The van der Waals surface area contributed by atoms with Crippen molar-refractivity contribution in [2.45, 2.75) is 52.2 Å². The standard InChI is InChI=1S/C30H38N2O5/c1-6-20(7-2)30(33)32(19-22-11-10-16-37-22)18-21-17-24-26(35-4)14-15-27(36-5)29(24)31-28(21)23-12-8-9-13-25(23)34-3/h8-9,12-15,17,20,22H,6-7,10-11,16,18-19H2,1-5H3/t22-/m1/s1. The first kappa shape index (κ1) is 26.7. The van der Waals surface area contributed by atoms with Crippen LogP contribution in [0.1, 0.15) is 45.1 Å². The van der Waals surface area contributed by atoms with Gasteiger partial charge in [-0.1, -0.05) is 26.0 Å². The number of benzene rings is 2. The fraction of sp³-hybridized carbons (Fsp3) is 0.467. The van der Waals surface area contributed by atoms with E-state index in [-0.39, 0.29) is 17.9 Å². The molecule has 3 aromatic rings. The molecule has 37 heavy (non-hydrogen) atoms. The molecule has 7 nitrogen and oxygen atoms in total. The first-order valence-electron chi connectivity index (χ1n) is 13.1. The predicted molar refractivity (Wildman–Crippen MR) is 145 cm³/mol. The van der Waals surface area contributed by atoms with Crippen LogP contribution in [0.25, 0.3) is 22.2 Å². The number of ether oxygens (including phenoxy) is 4. The van der Waals surface area contributed by atoms with Crippen LogP contribution in [-0.4, -0.2) is 56.4 Å². The lowest BCUT2D eigenvalue weighted by atomic mass is 9.98. The third kappa shape index (κ3) is 5.67. The number of nitrogens with zero attached hydrogens (tertiary/aromatic N) is 2. The summed E-state index contributed by atoms with van der Waals surface area (Å²) in [6.45, 7) is 5.87. The van der Waals surface area contributed by atoms with Crippen molar-refractivity contribution in [3.8, 4) is 28.5 Å². The van der Waals surface area contributed by atoms with Gasteiger partial charge < -0.3 is 23.8 Å². The highest BCUT2D eigenvalue weighted by Crippen LogP contribution is 2.39. The van der Waals surface area contributed by atoms with E-state index >= 15 is 0 Å². The molecule has 7 heteroatoms. The topological polar surface area (TPSA) is 70.1 Å². The number of aromatic nitrogens is 1. The van der Waals surface area contributed by atoms with E-state index in [4.69, 9.17) is 23.9 Å². The minimum atomic E-state index is -0.0286. The SMILES string of the molecule is CCC(CC)C(=O)N(Cc1cc2c(OC)ccc(OC)c2nc1-c1ccccc1OC)C[C@H]1CCCO1. The van der Waals surface area contributed by atoms with Crippen molar-refractivity contribution in [1.29, 1.82) is 0 Å². The number of hydrogen-bond acceptors (Lipinski definition) is 6. The first-order chi connectivity index (χ1) is 18.0. The number of hydrogen-bond donors (Lipinski definition) is 0. The summed E-state index contributed by atoms with van der Waals surface area (Å²) in [7, 11) is 4.94. The fourth-order valence-electron chi connectivity index (χ4n) is 5.16. The molecule has 4 rings (SSSR count). The van der Waals surface area contributed by atoms with E-state index in [0.29, 0.717) is 30.1 Å². The first-order valence-corrected chi connectivity index (χ1v) is 13.1. The fourth-order valence-corrected chi connectivity index (χ4v) is 5.16. The van der Waals surface area contributed by atoms with Crippen LogP contribution in [-0.2, 0) is 16.1 Å². The Balaban J connectivity index is 1.89. The summed E-state index contributed by atoms with van der Waals surface area (Å²) in [4.78, 5) is 20.8. The van der Waals surface area contributed by atoms with E-state index in [9.17, 15) is 4.79 Å². The summed E-state index contributed by atoms with van der Waals surface area (Å²) in [6, 6.07) is 13.6. The number of rotatable bonds is 11. The van der Waals surface area contributed by atoms with Crippen LogP contribution in [0.3, 0.4) is 0 Å². The maximum atomic E-state index is 13.7. The highest BCUT2D eigenvalue weighted by atomic mass is 16.5. The Labute approximate surface area is 219 Å². The minimum Gasteiger partial charge on any atom is -0.496 e. The van der Waals surface area contributed by atoms with E-state index in [1.54, 1.807) is 21.3 Å². The molecular weight excluding hydrogens is 468 g/mol. The van der Waals surface area contributed by atoms with Gasteiger partial charge in [0.25, 0.3) is 0 Å². The van der Waals surface area contributed by atoms with Gasteiger partial charge in [-0.2, -0.15) is 0 Å². The van der Waals surface area contributed by atoms with Gasteiger partial charge in [0.2, 0.25) is 5.91 Å². The normalized spacial score (nSPS) is 15.2. The molecule has 1 aliphatic heterocycles. The molecule has 2 aromatic carbocycles. The Morgan fingerprint density at radius 2 is 1.73 bits per heavy atom. The third-order valence-corrected chi connectivity index (χ3v) is 7.24. The Morgan fingerprint density at radius 3 is 2.38 bits per heavy atom. The Bertz CT molecular complexity index is 1220. The van der Waals surface area contributed by atoms with E-state index < -0.39 is 0 Å². The number of pyridine rings is 1. The summed E-state index contributed by atoms with van der Waals surface area (Å²) in [5, 5.41) is 0.836. The molecule has 0 N–H and O–H groups in total. The molecule has 0 saturated carbocycles. The molecule has 198 valence electrons. The van der Waals surface area contributed by atoms with Crippen LogP contribution in [0.15, 0.2) is 42.5 Å². The van der Waals surface area contributed by atoms with E-state index in [1.165, 1.54) is 0 Å². The molecule has 1 amide bonds. The summed E-state index contributed by atoms with van der Waals surface area (Å²) in [5.41, 5.74) is 3.23. The van der Waals surface area contributed by atoms with E-state index in [2.05, 4.69) is 19.9 Å². The zero-order valence-corrected chi connectivity index (χ0v) is 22.6. The van der Waals surface area contributed by atoms with Gasteiger partial charge in [-0.15, -0.1) is 0 Å². The molecule has 0 bridgehead atoms. The summed E-state index contributed by atoms with van der Waals surface area (Å²) < 4.78 is 23.0. The number of carbonyl (C=O) groups is 1. The van der Waals surface area contributed by atoms with Crippen molar-refractivity contribution in [2.75, 3.05) is 34.5 Å². The van der Waals surface area contributed by atoms with Crippen LogP contribution in [0, 0.1) is 5.92 Å². The number of amides is 1. The van der Waals surface area contributed by atoms with Crippen LogP contribution >= 0.6 is 0 Å².